The number of benzene rings is 1. The number of hydrogen-bond donors (Lipinski definition) is 0. The summed E-state index contributed by atoms with van der Waals surface area (Å²) in [5.74, 6) is 0. The second kappa shape index (κ2) is 5.68. The number of pyridine rings is 1. The Hall–Kier alpha value is -1.82. The molecule has 0 saturated heterocycles. The van der Waals surface area contributed by atoms with E-state index in [1.807, 2.05) is 6.07 Å². The van der Waals surface area contributed by atoms with Crippen LogP contribution in [-0.4, -0.2) is 4.98 Å². The summed E-state index contributed by atoms with van der Waals surface area (Å²) in [5, 5.41) is 10.2. The highest BCUT2D eigenvalue weighted by Gasteiger charge is 2.09. The van der Waals surface area contributed by atoms with Gasteiger partial charge in [0.25, 0.3) is 0 Å². The first-order valence-corrected chi connectivity index (χ1v) is 5.94. The number of aromatic nitrogens is 1. The summed E-state index contributed by atoms with van der Waals surface area (Å²) in [6.45, 7) is 0. The number of halogens is 2. The monoisotopic (exact) mass is 274 g/mol. The minimum Gasteiger partial charge on any atom is -0.265 e. The van der Waals surface area contributed by atoms with Crippen LogP contribution in [0.5, 0.6) is 0 Å². The molecule has 0 radical (unpaired) electrons. The van der Waals surface area contributed by atoms with Gasteiger partial charge in [-0.05, 0) is 35.4 Å². The van der Waals surface area contributed by atoms with Crippen LogP contribution in [0, 0.1) is 11.3 Å². The second-order valence-corrected chi connectivity index (χ2v) is 4.36. The average Bonchev–Trinajstić information content (AvgIpc) is 2.41. The van der Waals surface area contributed by atoms with Crippen molar-refractivity contribution in [1.82, 2.24) is 4.98 Å². The third kappa shape index (κ3) is 2.70. The number of rotatable bonds is 2. The lowest BCUT2D eigenvalue weighted by molar-refractivity contribution is 1.32. The zero-order chi connectivity index (χ0) is 13.0. The highest BCUT2D eigenvalue weighted by molar-refractivity contribution is 6.53. The molecule has 2 aromatic rings. The maximum atomic E-state index is 9.23. The summed E-state index contributed by atoms with van der Waals surface area (Å²) < 4.78 is 0. The van der Waals surface area contributed by atoms with E-state index in [9.17, 15) is 5.26 Å². The van der Waals surface area contributed by atoms with Crippen molar-refractivity contribution in [3.05, 3.63) is 64.9 Å². The van der Waals surface area contributed by atoms with Gasteiger partial charge in [-0.15, -0.1) is 0 Å². The van der Waals surface area contributed by atoms with Crippen molar-refractivity contribution in [2.45, 2.75) is 0 Å². The Kier molecular flexibility index (Phi) is 3.99. The minimum atomic E-state index is 0.381. The van der Waals surface area contributed by atoms with Crippen molar-refractivity contribution >= 4 is 33.8 Å². The molecule has 18 heavy (non-hydrogen) atoms. The molecule has 0 spiro atoms. The summed E-state index contributed by atoms with van der Waals surface area (Å²) in [5.41, 5.74) is 1.86. The third-order valence-electron chi connectivity index (χ3n) is 2.38. The molecule has 0 unspecified atom stereocenters. The highest BCUT2D eigenvalue weighted by atomic mass is 35.5. The molecule has 0 aliphatic heterocycles. The van der Waals surface area contributed by atoms with E-state index in [4.69, 9.17) is 23.2 Å². The Bertz CT molecular complexity index is 628. The lowest BCUT2D eigenvalue weighted by Gasteiger charge is -2.04. The Morgan fingerprint density at radius 3 is 2.44 bits per heavy atom. The molecule has 0 bridgehead atoms. The van der Waals surface area contributed by atoms with Gasteiger partial charge < -0.3 is 0 Å². The molecule has 2 rings (SSSR count). The van der Waals surface area contributed by atoms with Crippen LogP contribution in [0.15, 0.2) is 48.8 Å². The Morgan fingerprint density at radius 1 is 1.11 bits per heavy atom. The Morgan fingerprint density at radius 2 is 1.83 bits per heavy atom. The summed E-state index contributed by atoms with van der Waals surface area (Å²) in [4.78, 5) is 3.91. The summed E-state index contributed by atoms with van der Waals surface area (Å²) in [7, 11) is 0. The first-order valence-electron chi connectivity index (χ1n) is 5.18. The molecule has 0 fully saturated rings. The molecule has 1 heterocycles. The SMILES string of the molecule is N#C/C(=C(/Cl)c1cccc(Cl)c1)c1ccncc1. The molecular formula is C14H8Cl2N2. The number of hydrogen-bond acceptors (Lipinski definition) is 2. The lowest BCUT2D eigenvalue weighted by Crippen LogP contribution is -1.86. The number of nitriles is 1. The van der Waals surface area contributed by atoms with Crippen LogP contribution >= 0.6 is 23.2 Å². The van der Waals surface area contributed by atoms with Gasteiger partial charge in [0.2, 0.25) is 0 Å². The zero-order valence-corrected chi connectivity index (χ0v) is 10.8. The van der Waals surface area contributed by atoms with Gasteiger partial charge in [0.15, 0.2) is 0 Å². The average molecular weight is 275 g/mol. The van der Waals surface area contributed by atoms with Gasteiger partial charge in [-0.1, -0.05) is 35.3 Å². The molecule has 0 amide bonds. The van der Waals surface area contributed by atoms with Gasteiger partial charge in [0.1, 0.15) is 6.07 Å². The van der Waals surface area contributed by atoms with E-state index in [-0.39, 0.29) is 0 Å². The van der Waals surface area contributed by atoms with Crippen LogP contribution in [0.25, 0.3) is 10.6 Å². The van der Waals surface area contributed by atoms with Crippen LogP contribution < -0.4 is 0 Å². The maximum absolute atomic E-state index is 9.23. The van der Waals surface area contributed by atoms with Crippen molar-refractivity contribution < 1.29 is 0 Å². The zero-order valence-electron chi connectivity index (χ0n) is 9.27. The largest absolute Gasteiger partial charge is 0.265 e. The molecule has 1 aromatic heterocycles. The predicted octanol–water partition coefficient (Wildman–Crippen LogP) is 4.37. The fourth-order valence-corrected chi connectivity index (χ4v) is 1.99. The molecule has 4 heteroatoms. The van der Waals surface area contributed by atoms with E-state index in [1.54, 1.807) is 42.7 Å². The van der Waals surface area contributed by atoms with Gasteiger partial charge in [0, 0.05) is 17.4 Å². The van der Waals surface area contributed by atoms with Crippen LogP contribution in [0.4, 0.5) is 0 Å². The van der Waals surface area contributed by atoms with Gasteiger partial charge in [-0.2, -0.15) is 5.26 Å². The van der Waals surface area contributed by atoms with Crippen molar-refractivity contribution in [3.8, 4) is 6.07 Å². The van der Waals surface area contributed by atoms with E-state index in [1.165, 1.54) is 0 Å². The molecule has 0 aliphatic carbocycles. The fourth-order valence-electron chi connectivity index (χ4n) is 1.53. The normalized spacial score (nSPS) is 11.6. The Balaban J connectivity index is 2.55. The molecule has 0 aliphatic rings. The smallest absolute Gasteiger partial charge is 0.101 e. The van der Waals surface area contributed by atoms with E-state index in [2.05, 4.69) is 11.1 Å². The number of nitrogens with zero attached hydrogens (tertiary/aromatic N) is 2. The van der Waals surface area contributed by atoms with Crippen molar-refractivity contribution in [2.24, 2.45) is 0 Å². The maximum Gasteiger partial charge on any atom is 0.101 e. The first-order chi connectivity index (χ1) is 8.72. The van der Waals surface area contributed by atoms with E-state index in [0.717, 1.165) is 11.1 Å². The second-order valence-electron chi connectivity index (χ2n) is 3.55. The van der Waals surface area contributed by atoms with Crippen molar-refractivity contribution in [2.75, 3.05) is 0 Å². The lowest BCUT2D eigenvalue weighted by atomic mass is 10.0. The third-order valence-corrected chi connectivity index (χ3v) is 3.02. The number of allylic oxidation sites excluding steroid dienone is 1. The summed E-state index contributed by atoms with van der Waals surface area (Å²) in [6.07, 6.45) is 3.24. The van der Waals surface area contributed by atoms with E-state index >= 15 is 0 Å². The van der Waals surface area contributed by atoms with Gasteiger partial charge in [0.05, 0.1) is 10.6 Å². The van der Waals surface area contributed by atoms with Gasteiger partial charge in [-0.3, -0.25) is 4.98 Å². The molecular weight excluding hydrogens is 267 g/mol. The summed E-state index contributed by atoms with van der Waals surface area (Å²) in [6, 6.07) is 12.7. The van der Waals surface area contributed by atoms with Crippen LogP contribution in [-0.2, 0) is 0 Å². The van der Waals surface area contributed by atoms with Crippen molar-refractivity contribution in [1.29, 1.82) is 5.26 Å². The minimum absolute atomic E-state index is 0.381. The topological polar surface area (TPSA) is 36.7 Å². The van der Waals surface area contributed by atoms with Crippen LogP contribution in [0.2, 0.25) is 5.02 Å². The highest BCUT2D eigenvalue weighted by Crippen LogP contribution is 2.30. The molecule has 1 aromatic carbocycles. The van der Waals surface area contributed by atoms with Gasteiger partial charge >= 0.3 is 0 Å². The molecule has 0 N–H and O–H groups in total. The first kappa shape index (κ1) is 12.6. The van der Waals surface area contributed by atoms with Crippen molar-refractivity contribution in [3.63, 3.8) is 0 Å². The Labute approximate surface area is 115 Å². The van der Waals surface area contributed by atoms with E-state index in [0.29, 0.717) is 15.6 Å². The van der Waals surface area contributed by atoms with Gasteiger partial charge in [-0.25, -0.2) is 0 Å². The molecule has 0 saturated carbocycles. The molecule has 0 atom stereocenters. The predicted molar refractivity (Wildman–Crippen MR) is 74.0 cm³/mol. The molecule has 88 valence electrons. The van der Waals surface area contributed by atoms with Crippen LogP contribution in [0.1, 0.15) is 11.1 Å². The standard InChI is InChI=1S/C14H8Cl2N2/c15-12-3-1-2-11(8-12)14(16)13(9-17)10-4-6-18-7-5-10/h1-8H/b14-13-. The quantitative estimate of drug-likeness (QED) is 0.763. The fraction of sp³-hybridized carbons (Fsp3) is 0. The van der Waals surface area contributed by atoms with Crippen LogP contribution in [0.3, 0.4) is 0 Å². The van der Waals surface area contributed by atoms with E-state index < -0.39 is 0 Å². The molecule has 2 nitrogen and oxygen atoms in total. The summed E-state index contributed by atoms with van der Waals surface area (Å²) >= 11 is 12.2.